The average Bonchev–Trinajstić information content (AvgIpc) is 2.57. The van der Waals surface area contributed by atoms with Crippen LogP contribution in [0.25, 0.3) is 0 Å². The van der Waals surface area contributed by atoms with Gasteiger partial charge in [0.05, 0.1) is 0 Å². The van der Waals surface area contributed by atoms with E-state index in [1.807, 2.05) is 37.3 Å². The summed E-state index contributed by atoms with van der Waals surface area (Å²) in [5.74, 6) is -0.105. The molecule has 0 radical (unpaired) electrons. The van der Waals surface area contributed by atoms with Crippen LogP contribution in [0.5, 0.6) is 11.8 Å². The molecule has 1 heterocycles. The second-order valence-electron chi connectivity index (χ2n) is 3.81. The van der Waals surface area contributed by atoms with Crippen LogP contribution in [0.3, 0.4) is 0 Å². The van der Waals surface area contributed by atoms with E-state index < -0.39 is 5.69 Å². The van der Waals surface area contributed by atoms with Gasteiger partial charge in [0, 0.05) is 7.05 Å². The maximum Gasteiger partial charge on any atom is 0.331 e. The molecule has 5 nitrogen and oxygen atoms in total. The average molecular weight is 234 g/mol. The molecule has 0 aliphatic heterocycles. The number of rotatable bonds is 3. The van der Waals surface area contributed by atoms with Crippen LogP contribution in [0.4, 0.5) is 0 Å². The summed E-state index contributed by atoms with van der Waals surface area (Å²) in [6, 6.07) is 9.58. The highest BCUT2D eigenvalue weighted by atomic mass is 16.5. The molecular formula is C12H14N2O3. The topological polar surface area (TPSA) is 67.2 Å². The Morgan fingerprint density at radius 3 is 2.53 bits per heavy atom. The number of nitrogens with zero attached hydrogens (tertiary/aromatic N) is 1. The molecule has 2 rings (SSSR count). The zero-order valence-corrected chi connectivity index (χ0v) is 9.68. The molecular weight excluding hydrogens is 220 g/mol. The van der Waals surface area contributed by atoms with Gasteiger partial charge >= 0.3 is 5.69 Å². The number of aromatic nitrogens is 2. The molecule has 17 heavy (non-hydrogen) atoms. The van der Waals surface area contributed by atoms with Gasteiger partial charge in [0.2, 0.25) is 0 Å². The molecule has 1 atom stereocenters. The molecule has 0 aliphatic carbocycles. The van der Waals surface area contributed by atoms with Gasteiger partial charge in [0.1, 0.15) is 6.10 Å². The van der Waals surface area contributed by atoms with Crippen molar-refractivity contribution in [3.8, 4) is 11.8 Å². The lowest BCUT2D eigenvalue weighted by Gasteiger charge is -2.14. The third-order valence-electron chi connectivity index (χ3n) is 2.59. The van der Waals surface area contributed by atoms with E-state index in [9.17, 15) is 9.90 Å². The molecule has 0 spiro atoms. The number of benzene rings is 1. The highest BCUT2D eigenvalue weighted by Gasteiger charge is 2.15. The van der Waals surface area contributed by atoms with Crippen LogP contribution >= 0.6 is 0 Å². The molecule has 2 aromatic rings. The first kappa shape index (κ1) is 11.3. The predicted molar refractivity (Wildman–Crippen MR) is 63.2 cm³/mol. The molecule has 1 aromatic heterocycles. The fourth-order valence-electron chi connectivity index (χ4n) is 1.58. The summed E-state index contributed by atoms with van der Waals surface area (Å²) in [5, 5.41) is 9.51. The largest absolute Gasteiger partial charge is 0.491 e. The van der Waals surface area contributed by atoms with E-state index in [0.29, 0.717) is 0 Å². The molecule has 0 bridgehead atoms. The number of ether oxygens (including phenoxy) is 1. The van der Waals surface area contributed by atoms with E-state index in [1.54, 1.807) is 0 Å². The summed E-state index contributed by atoms with van der Waals surface area (Å²) in [6.07, 6.45) is -0.247. The number of H-pyrrole nitrogens is 1. The monoisotopic (exact) mass is 234 g/mol. The highest BCUT2D eigenvalue weighted by Crippen LogP contribution is 2.26. The van der Waals surface area contributed by atoms with E-state index in [4.69, 9.17) is 4.74 Å². The molecule has 0 saturated carbocycles. The molecule has 1 aromatic carbocycles. The summed E-state index contributed by atoms with van der Waals surface area (Å²) in [6.45, 7) is 1.85. The molecule has 0 aliphatic rings. The van der Waals surface area contributed by atoms with Gasteiger partial charge in [-0.15, -0.1) is 0 Å². The normalized spacial score (nSPS) is 12.4. The maximum atomic E-state index is 11.2. The van der Waals surface area contributed by atoms with Crippen LogP contribution in [0.15, 0.2) is 35.1 Å². The lowest BCUT2D eigenvalue weighted by molar-refractivity contribution is 0.200. The standard InChI is InChI=1S/C12H14N2O3/c1-8(9-6-4-3-5-7-9)17-11-10(15)13-12(16)14(11)2/h3-8,15H,1-2H3,(H,13,16)/t8-/m1/s1. The van der Waals surface area contributed by atoms with E-state index >= 15 is 0 Å². The van der Waals surface area contributed by atoms with Crippen LogP contribution < -0.4 is 10.4 Å². The Bertz CT molecular complexity index is 557. The van der Waals surface area contributed by atoms with Crippen molar-refractivity contribution >= 4 is 0 Å². The van der Waals surface area contributed by atoms with Crippen molar-refractivity contribution in [3.05, 3.63) is 46.4 Å². The fraction of sp³-hybridized carbons (Fsp3) is 0.250. The zero-order chi connectivity index (χ0) is 12.4. The predicted octanol–water partition coefficient (Wildman–Crippen LogP) is 1.56. The lowest BCUT2D eigenvalue weighted by atomic mass is 10.1. The quantitative estimate of drug-likeness (QED) is 0.846. The zero-order valence-electron chi connectivity index (χ0n) is 9.68. The van der Waals surface area contributed by atoms with Crippen molar-refractivity contribution in [3.63, 3.8) is 0 Å². The van der Waals surface area contributed by atoms with Crippen molar-refractivity contribution in [1.82, 2.24) is 9.55 Å². The molecule has 0 saturated heterocycles. The van der Waals surface area contributed by atoms with E-state index in [-0.39, 0.29) is 17.9 Å². The van der Waals surface area contributed by atoms with Crippen LogP contribution in [0.1, 0.15) is 18.6 Å². The second kappa shape index (κ2) is 4.37. The van der Waals surface area contributed by atoms with Crippen LogP contribution in [0.2, 0.25) is 0 Å². The van der Waals surface area contributed by atoms with Gasteiger partial charge in [-0.2, -0.15) is 0 Å². The number of hydrogen-bond donors (Lipinski definition) is 2. The smallest absolute Gasteiger partial charge is 0.331 e. The number of aromatic amines is 1. The van der Waals surface area contributed by atoms with Crippen molar-refractivity contribution < 1.29 is 9.84 Å². The van der Waals surface area contributed by atoms with Gasteiger partial charge in [-0.05, 0) is 12.5 Å². The molecule has 2 N–H and O–H groups in total. The minimum Gasteiger partial charge on any atom is -0.491 e. The van der Waals surface area contributed by atoms with Crippen LogP contribution in [-0.2, 0) is 7.05 Å². The number of hydrogen-bond acceptors (Lipinski definition) is 3. The van der Waals surface area contributed by atoms with Gasteiger partial charge in [-0.3, -0.25) is 9.55 Å². The number of aromatic hydroxyl groups is 1. The van der Waals surface area contributed by atoms with Crippen molar-refractivity contribution in [1.29, 1.82) is 0 Å². The van der Waals surface area contributed by atoms with Gasteiger partial charge in [0.15, 0.2) is 0 Å². The highest BCUT2D eigenvalue weighted by molar-refractivity contribution is 5.26. The Kier molecular flexibility index (Phi) is 2.91. The van der Waals surface area contributed by atoms with Crippen LogP contribution in [-0.4, -0.2) is 14.7 Å². The Labute approximate surface area is 98.3 Å². The summed E-state index contributed by atoms with van der Waals surface area (Å²) in [7, 11) is 1.53. The van der Waals surface area contributed by atoms with E-state index in [1.165, 1.54) is 11.6 Å². The summed E-state index contributed by atoms with van der Waals surface area (Å²) >= 11 is 0. The van der Waals surface area contributed by atoms with Gasteiger partial charge in [-0.1, -0.05) is 30.3 Å². The van der Waals surface area contributed by atoms with E-state index in [0.717, 1.165) is 5.56 Å². The van der Waals surface area contributed by atoms with Crippen molar-refractivity contribution in [2.24, 2.45) is 7.05 Å². The molecule has 5 heteroatoms. The fourth-order valence-corrected chi connectivity index (χ4v) is 1.58. The first-order chi connectivity index (χ1) is 8.09. The molecule has 90 valence electrons. The first-order valence-corrected chi connectivity index (χ1v) is 5.29. The van der Waals surface area contributed by atoms with Gasteiger partial charge in [0.25, 0.3) is 11.8 Å². The minimum absolute atomic E-state index is 0.145. The van der Waals surface area contributed by atoms with Crippen LogP contribution in [0, 0.1) is 0 Å². The number of nitrogens with one attached hydrogen (secondary N) is 1. The first-order valence-electron chi connectivity index (χ1n) is 5.29. The summed E-state index contributed by atoms with van der Waals surface area (Å²) in [4.78, 5) is 13.5. The van der Waals surface area contributed by atoms with Crippen molar-refractivity contribution in [2.45, 2.75) is 13.0 Å². The summed E-state index contributed by atoms with van der Waals surface area (Å²) in [5.41, 5.74) is 0.568. The van der Waals surface area contributed by atoms with E-state index in [2.05, 4.69) is 4.98 Å². The Hall–Kier alpha value is -2.17. The van der Waals surface area contributed by atoms with Gasteiger partial charge < -0.3 is 9.84 Å². The molecule has 0 fully saturated rings. The summed E-state index contributed by atoms with van der Waals surface area (Å²) < 4.78 is 6.80. The SMILES string of the molecule is C[C@@H](Oc1c(O)[nH]c(=O)n1C)c1ccccc1. The van der Waals surface area contributed by atoms with Gasteiger partial charge in [-0.25, -0.2) is 4.79 Å². The molecule has 0 unspecified atom stereocenters. The van der Waals surface area contributed by atoms with Crippen molar-refractivity contribution in [2.75, 3.05) is 0 Å². The number of imidazole rings is 1. The minimum atomic E-state index is -0.405. The second-order valence-corrected chi connectivity index (χ2v) is 3.81. The Balaban J connectivity index is 2.25. The Morgan fingerprint density at radius 1 is 1.35 bits per heavy atom. The third-order valence-corrected chi connectivity index (χ3v) is 2.59. The third kappa shape index (κ3) is 2.18. The Morgan fingerprint density at radius 2 is 2.00 bits per heavy atom. The maximum absolute atomic E-state index is 11.2. The molecule has 0 amide bonds. The lowest BCUT2D eigenvalue weighted by Crippen LogP contribution is -2.14.